The molecule has 8 nitrogen and oxygen atoms in total. The monoisotopic (exact) mass is 604 g/mol. The van der Waals surface area contributed by atoms with Crippen LogP contribution in [0.5, 0.6) is 5.88 Å². The number of carbonyl (C=O) groups excluding carboxylic acids is 1. The minimum atomic E-state index is -2.89. The van der Waals surface area contributed by atoms with E-state index in [1.165, 1.54) is 36.8 Å². The molecule has 226 valence electrons. The first kappa shape index (κ1) is 30.4. The molecule has 42 heavy (non-hydrogen) atoms. The van der Waals surface area contributed by atoms with Gasteiger partial charge < -0.3 is 25.2 Å². The highest BCUT2D eigenvalue weighted by Crippen LogP contribution is 2.48. The van der Waals surface area contributed by atoms with Crippen LogP contribution in [0.15, 0.2) is 42.0 Å². The second-order valence-corrected chi connectivity index (χ2v) is 12.2. The van der Waals surface area contributed by atoms with Gasteiger partial charge >= 0.3 is 0 Å². The van der Waals surface area contributed by atoms with Gasteiger partial charge in [0, 0.05) is 61.4 Å². The van der Waals surface area contributed by atoms with Gasteiger partial charge in [0.2, 0.25) is 17.7 Å². The second kappa shape index (κ2) is 12.7. The summed E-state index contributed by atoms with van der Waals surface area (Å²) >= 11 is 1.38. The van der Waals surface area contributed by atoms with Crippen LogP contribution < -0.4 is 15.4 Å². The van der Waals surface area contributed by atoms with Crippen molar-refractivity contribution < 1.29 is 32.5 Å². The number of rotatable bonds is 12. The predicted molar refractivity (Wildman–Crippen MR) is 152 cm³/mol. The van der Waals surface area contributed by atoms with E-state index in [1.54, 1.807) is 23.7 Å². The van der Waals surface area contributed by atoms with Gasteiger partial charge in [-0.15, -0.1) is 11.3 Å². The number of pyridine rings is 1. The molecule has 12 heteroatoms. The second-order valence-electron chi connectivity index (χ2n) is 11.4. The first-order valence-electron chi connectivity index (χ1n) is 14.0. The van der Waals surface area contributed by atoms with Crippen LogP contribution in [-0.2, 0) is 22.4 Å². The van der Waals surface area contributed by atoms with Crippen LogP contribution in [0.4, 0.5) is 13.2 Å². The molecule has 1 amide bonds. The third kappa shape index (κ3) is 7.47. The summed E-state index contributed by atoms with van der Waals surface area (Å²) in [4.78, 5) is 21.1. The van der Waals surface area contributed by atoms with Gasteiger partial charge in [-0.3, -0.25) is 4.79 Å². The summed E-state index contributed by atoms with van der Waals surface area (Å²) in [6.07, 6.45) is 5.05. The van der Waals surface area contributed by atoms with Crippen molar-refractivity contribution in [1.29, 1.82) is 0 Å². The van der Waals surface area contributed by atoms with Crippen molar-refractivity contribution in [3.63, 3.8) is 0 Å². The number of carbonyl (C=O) groups is 1. The molecule has 1 spiro atoms. The van der Waals surface area contributed by atoms with E-state index in [0.29, 0.717) is 39.6 Å². The number of halogens is 3. The van der Waals surface area contributed by atoms with Gasteiger partial charge in [0.25, 0.3) is 0 Å². The zero-order valence-corrected chi connectivity index (χ0v) is 24.4. The Morgan fingerprint density at radius 2 is 2.07 bits per heavy atom. The first-order valence-corrected chi connectivity index (χ1v) is 14.9. The highest BCUT2D eigenvalue weighted by atomic mass is 32.1. The van der Waals surface area contributed by atoms with E-state index in [1.807, 2.05) is 0 Å². The van der Waals surface area contributed by atoms with Crippen LogP contribution in [-0.4, -0.2) is 64.9 Å². The van der Waals surface area contributed by atoms with Crippen molar-refractivity contribution >= 4 is 17.2 Å². The Hall–Kier alpha value is -3.06. The van der Waals surface area contributed by atoms with E-state index >= 15 is 0 Å². The lowest BCUT2D eigenvalue weighted by Crippen LogP contribution is -2.52. The molecule has 3 unspecified atom stereocenters. The Balaban J connectivity index is 1.35. The van der Waals surface area contributed by atoms with E-state index in [-0.39, 0.29) is 31.2 Å². The number of hydrogen-bond acceptors (Lipinski definition) is 8. The molecule has 0 bridgehead atoms. The molecule has 1 fully saturated rings. The molecule has 3 heterocycles. The topological polar surface area (TPSA) is 106 Å². The smallest absolute Gasteiger partial charge is 0.249 e. The zero-order valence-electron chi connectivity index (χ0n) is 23.5. The summed E-state index contributed by atoms with van der Waals surface area (Å²) in [6.45, 7) is 0.742. The number of aromatic nitrogens is 2. The highest BCUT2D eigenvalue weighted by Gasteiger charge is 2.46. The maximum Gasteiger partial charge on any atom is 0.249 e. The SMILES string of the molecule is COCC(=O)NC(Cc1cc(F)cc(-c2nccs2)c1)C(O)CNC1CC2(CCC2)Oc2ncc(CC(C)(F)F)cc21. The quantitative estimate of drug-likeness (QED) is 0.277. The number of thiazole rings is 1. The van der Waals surface area contributed by atoms with E-state index in [9.17, 15) is 23.1 Å². The van der Waals surface area contributed by atoms with Gasteiger partial charge in [-0.2, -0.15) is 0 Å². The van der Waals surface area contributed by atoms with Gasteiger partial charge in [0.15, 0.2) is 0 Å². The van der Waals surface area contributed by atoms with Crippen LogP contribution in [0.3, 0.4) is 0 Å². The lowest BCUT2D eigenvalue weighted by molar-refractivity contribution is -0.126. The van der Waals surface area contributed by atoms with Crippen molar-refractivity contribution in [1.82, 2.24) is 20.6 Å². The van der Waals surface area contributed by atoms with Crippen molar-refractivity contribution in [3.05, 3.63) is 64.5 Å². The fraction of sp³-hybridized carbons (Fsp3) is 0.500. The lowest BCUT2D eigenvalue weighted by Gasteiger charge is -2.47. The van der Waals surface area contributed by atoms with Gasteiger partial charge in [-0.05, 0) is 68.0 Å². The fourth-order valence-electron chi connectivity index (χ4n) is 5.67. The molecule has 2 aromatic heterocycles. The Labute approximate surface area is 246 Å². The summed E-state index contributed by atoms with van der Waals surface area (Å²) < 4.78 is 53.3. The molecule has 1 saturated carbocycles. The molecular formula is C30H35F3N4O4S. The molecule has 1 aliphatic carbocycles. The van der Waals surface area contributed by atoms with Gasteiger partial charge in [-0.25, -0.2) is 23.1 Å². The fourth-order valence-corrected chi connectivity index (χ4v) is 6.30. The molecule has 3 aromatic rings. The largest absolute Gasteiger partial charge is 0.471 e. The summed E-state index contributed by atoms with van der Waals surface area (Å²) in [6, 6.07) is 5.19. The average Bonchev–Trinajstić information content (AvgIpc) is 3.44. The van der Waals surface area contributed by atoms with Crippen molar-refractivity contribution in [2.75, 3.05) is 20.3 Å². The standard InChI is InChI=1S/C30H35F3N4O4S/c1-29(32,33)13-19-10-22-24(14-30(4-3-5-30)41-27(22)36-15-19)35-16-25(38)23(37-26(39)17-40-2)11-18-8-20(12-21(31)9-18)28-34-6-7-42-28/h6-10,12,15,23-25,35,38H,3-5,11,13-14,16-17H2,1-2H3,(H,37,39). The molecule has 5 rings (SSSR count). The summed E-state index contributed by atoms with van der Waals surface area (Å²) in [7, 11) is 1.40. The zero-order chi connectivity index (χ0) is 29.9. The van der Waals surface area contributed by atoms with Crippen LogP contribution >= 0.6 is 11.3 Å². The minimum Gasteiger partial charge on any atom is -0.471 e. The lowest BCUT2D eigenvalue weighted by atomic mass is 9.73. The molecule has 1 aromatic carbocycles. The van der Waals surface area contributed by atoms with Gasteiger partial charge in [0.1, 0.15) is 23.0 Å². The summed E-state index contributed by atoms with van der Waals surface area (Å²) in [5.41, 5.74) is 1.88. The molecule has 0 saturated heterocycles. The van der Waals surface area contributed by atoms with E-state index in [0.717, 1.165) is 26.2 Å². The van der Waals surface area contributed by atoms with Crippen LogP contribution in [0.2, 0.25) is 0 Å². The molecule has 3 atom stereocenters. The number of hydrogen-bond donors (Lipinski definition) is 3. The number of aliphatic hydroxyl groups excluding tert-OH is 1. The van der Waals surface area contributed by atoms with Gasteiger partial charge in [0.05, 0.1) is 12.1 Å². The number of nitrogens with zero attached hydrogens (tertiary/aromatic N) is 2. The summed E-state index contributed by atoms with van der Waals surface area (Å²) in [5.74, 6) is -3.34. The molecular weight excluding hydrogens is 569 g/mol. The predicted octanol–water partition coefficient (Wildman–Crippen LogP) is 4.61. The van der Waals surface area contributed by atoms with E-state index in [2.05, 4.69) is 20.6 Å². The molecule has 1 aliphatic heterocycles. The van der Waals surface area contributed by atoms with Crippen molar-refractivity contribution in [2.24, 2.45) is 0 Å². The Morgan fingerprint density at radius 1 is 1.26 bits per heavy atom. The normalized spacial score (nSPS) is 19.0. The van der Waals surface area contributed by atoms with Gasteiger partial charge in [-0.1, -0.05) is 0 Å². The van der Waals surface area contributed by atoms with Crippen LogP contribution in [0.1, 0.15) is 55.3 Å². The third-order valence-corrected chi connectivity index (χ3v) is 8.55. The Morgan fingerprint density at radius 3 is 2.74 bits per heavy atom. The minimum absolute atomic E-state index is 0.0704. The number of ether oxygens (including phenoxy) is 2. The molecule has 3 N–H and O–H groups in total. The van der Waals surface area contributed by atoms with E-state index in [4.69, 9.17) is 9.47 Å². The number of benzene rings is 1. The molecule has 2 aliphatic rings. The van der Waals surface area contributed by atoms with Crippen molar-refractivity contribution in [3.8, 4) is 16.5 Å². The number of amides is 1. The van der Waals surface area contributed by atoms with E-state index < -0.39 is 36.2 Å². The number of fused-ring (bicyclic) bond motifs is 1. The number of nitrogens with one attached hydrogen (secondary N) is 2. The maximum atomic E-state index is 14.6. The van der Waals surface area contributed by atoms with Crippen LogP contribution in [0, 0.1) is 5.82 Å². The Kier molecular flexibility index (Phi) is 9.17. The molecule has 0 radical (unpaired) electrons. The third-order valence-electron chi connectivity index (χ3n) is 7.73. The number of aliphatic hydroxyl groups is 1. The highest BCUT2D eigenvalue weighted by molar-refractivity contribution is 7.13. The Bertz CT molecular complexity index is 1380. The number of methoxy groups -OCH3 is 1. The first-order chi connectivity index (χ1) is 20.0. The van der Waals surface area contributed by atoms with Crippen molar-refractivity contribution in [2.45, 2.75) is 75.2 Å². The average molecular weight is 605 g/mol. The summed E-state index contributed by atoms with van der Waals surface area (Å²) in [5, 5.41) is 20.0. The number of alkyl halides is 2. The maximum absolute atomic E-state index is 14.6. The van der Waals surface area contributed by atoms with Crippen LogP contribution in [0.25, 0.3) is 10.6 Å².